The average molecular weight is 1120 g/mol. The average Bonchev–Trinajstić information content (AvgIpc) is 3.51. The number of hydrogen-bond acceptors (Lipinski definition) is 8. The van der Waals surface area contributed by atoms with Crippen LogP contribution in [0.25, 0.3) is 160 Å². The van der Waals surface area contributed by atoms with E-state index in [0.717, 1.165) is 86.6 Å². The highest BCUT2D eigenvalue weighted by atomic mass is 32.1. The first-order chi connectivity index (χ1) is 40.2. The third kappa shape index (κ3) is 8.27. The van der Waals surface area contributed by atoms with Gasteiger partial charge in [0.15, 0.2) is 0 Å². The van der Waals surface area contributed by atoms with Crippen molar-refractivity contribution < 1.29 is 0 Å². The van der Waals surface area contributed by atoms with Crippen LogP contribution in [0.5, 0.6) is 0 Å². The molecule has 0 aliphatic heterocycles. The minimum absolute atomic E-state index is 1.02. The third-order valence-corrected chi connectivity index (χ3v) is 20.3. The molecular weight excluding hydrogens is 1070 g/mol. The van der Waals surface area contributed by atoms with Gasteiger partial charge in [0.2, 0.25) is 0 Å². The molecule has 0 N–H and O–H groups in total. The quantitative estimate of drug-likeness (QED) is 0.142. The maximum atomic E-state index is 5.14. The zero-order chi connectivity index (χ0) is 54.7. The molecule has 16 rings (SSSR count). The van der Waals surface area contributed by atoms with E-state index in [1.54, 1.807) is 45.3 Å². The molecule has 16 aromatic rings. The van der Waals surface area contributed by atoms with E-state index in [9.17, 15) is 0 Å². The Morgan fingerprint density at radius 1 is 0.232 bits per heavy atom. The number of rotatable bonds is 8. The molecule has 82 heavy (non-hydrogen) atoms. The fourth-order valence-corrected chi connectivity index (χ4v) is 16.3. The topological polar surface area (TPSA) is 51.6 Å². The maximum Gasteiger partial charge on any atom is 0.124 e. The van der Waals surface area contributed by atoms with E-state index in [4.69, 9.17) is 19.9 Å². The molecule has 4 nitrogen and oxygen atoms in total. The molecule has 0 saturated heterocycles. The number of nitrogens with zero attached hydrogens (tertiary/aromatic N) is 4. The molecule has 0 amide bonds. The summed E-state index contributed by atoms with van der Waals surface area (Å²) in [6.45, 7) is 8.59. The van der Waals surface area contributed by atoms with E-state index >= 15 is 0 Å². The Bertz CT molecular complexity index is 4580. The molecule has 4 heterocycles. The lowest BCUT2D eigenvalue weighted by Crippen LogP contribution is -1.98. The van der Waals surface area contributed by atoms with Crippen molar-refractivity contribution in [3.63, 3.8) is 0 Å². The first-order valence-corrected chi connectivity index (χ1v) is 30.8. The van der Waals surface area contributed by atoms with Gasteiger partial charge in [0.1, 0.15) is 20.0 Å². The lowest BCUT2D eigenvalue weighted by Gasteiger charge is -2.25. The lowest BCUT2D eigenvalue weighted by atomic mass is 9.77. The van der Waals surface area contributed by atoms with Crippen LogP contribution in [0.3, 0.4) is 0 Å². The number of aryl methyl sites for hydroxylation is 4. The summed E-state index contributed by atoms with van der Waals surface area (Å²) in [6, 6.07) is 81.0. The highest BCUT2D eigenvalue weighted by Crippen LogP contribution is 2.54. The van der Waals surface area contributed by atoms with Gasteiger partial charge in [0, 0.05) is 22.3 Å². The Morgan fingerprint density at radius 2 is 0.439 bits per heavy atom. The van der Waals surface area contributed by atoms with Gasteiger partial charge in [0.25, 0.3) is 0 Å². The second-order valence-electron chi connectivity index (χ2n) is 21.6. The zero-order valence-electron chi connectivity index (χ0n) is 45.2. The number of aromatic nitrogens is 4. The van der Waals surface area contributed by atoms with Crippen LogP contribution in [-0.4, -0.2) is 19.9 Å². The minimum Gasteiger partial charge on any atom is -0.236 e. The summed E-state index contributed by atoms with van der Waals surface area (Å²) in [5, 5.41) is 11.2. The van der Waals surface area contributed by atoms with Crippen LogP contribution in [0.4, 0.5) is 0 Å². The Labute approximate surface area is 490 Å². The standard InChI is InChI=1S/C74H48N4S4/c1-41-13-33-57-61(37-41)79-71(75-57)49-25-17-45(18-26-49)65-53-9-5-6-10-54(53)67(47-21-29-51(30-22-47)73-77-59-35-15-43(3)39-63(59)81-73)70-68(48-23-31-52(32-24-48)74-78-60-36-16-44(4)40-64(60)82-74)56-12-8-7-11-55(56)66(69(65)70)46-19-27-50(28-20-46)72-76-58-34-14-42(2)38-62(58)80-72/h5-40H,1-4H3. The fraction of sp³-hybridized carbons (Fsp3) is 0.0541. The van der Waals surface area contributed by atoms with Gasteiger partial charge < -0.3 is 0 Å². The van der Waals surface area contributed by atoms with Crippen molar-refractivity contribution in [1.29, 1.82) is 0 Å². The van der Waals surface area contributed by atoms with Crippen molar-refractivity contribution in [2.24, 2.45) is 0 Å². The minimum atomic E-state index is 1.02. The molecule has 12 aromatic carbocycles. The Kier molecular flexibility index (Phi) is 11.5. The van der Waals surface area contributed by atoms with Crippen molar-refractivity contribution in [3.05, 3.63) is 241 Å². The van der Waals surface area contributed by atoms with Gasteiger partial charge in [0.05, 0.1) is 40.9 Å². The number of hydrogen-bond donors (Lipinski definition) is 0. The summed E-state index contributed by atoms with van der Waals surface area (Å²) < 4.78 is 4.80. The van der Waals surface area contributed by atoms with Crippen LogP contribution in [0.15, 0.2) is 218 Å². The van der Waals surface area contributed by atoms with Gasteiger partial charge in [-0.05, 0) is 175 Å². The highest BCUT2D eigenvalue weighted by molar-refractivity contribution is 7.22. The summed E-state index contributed by atoms with van der Waals surface area (Å²) in [6.07, 6.45) is 0. The van der Waals surface area contributed by atoms with Crippen LogP contribution in [0.2, 0.25) is 0 Å². The van der Waals surface area contributed by atoms with Crippen molar-refractivity contribution in [3.8, 4) is 86.8 Å². The Morgan fingerprint density at radius 3 is 0.659 bits per heavy atom. The van der Waals surface area contributed by atoms with Crippen molar-refractivity contribution in [1.82, 2.24) is 19.9 Å². The first kappa shape index (κ1) is 48.8. The molecule has 0 fully saturated rings. The highest BCUT2D eigenvalue weighted by Gasteiger charge is 2.27. The van der Waals surface area contributed by atoms with Gasteiger partial charge in [-0.3, -0.25) is 0 Å². The molecule has 0 radical (unpaired) electrons. The largest absolute Gasteiger partial charge is 0.236 e. The van der Waals surface area contributed by atoms with Gasteiger partial charge >= 0.3 is 0 Å². The molecular formula is C74H48N4S4. The van der Waals surface area contributed by atoms with E-state index in [-0.39, 0.29) is 0 Å². The summed E-state index contributed by atoms with van der Waals surface area (Å²) in [7, 11) is 0. The zero-order valence-corrected chi connectivity index (χ0v) is 48.5. The Hall–Kier alpha value is -9.02. The summed E-state index contributed by atoms with van der Waals surface area (Å²) in [5.41, 5.74) is 22.8. The molecule has 0 aliphatic carbocycles. The second kappa shape index (κ2) is 19.3. The maximum absolute atomic E-state index is 5.14. The number of fused-ring (bicyclic) bond motifs is 7. The third-order valence-electron chi connectivity index (χ3n) is 16.0. The van der Waals surface area contributed by atoms with Gasteiger partial charge in [-0.15, -0.1) is 45.3 Å². The lowest BCUT2D eigenvalue weighted by molar-refractivity contribution is 1.45. The molecule has 0 unspecified atom stereocenters. The van der Waals surface area contributed by atoms with Crippen LogP contribution >= 0.6 is 45.3 Å². The Balaban J connectivity index is 0.988. The van der Waals surface area contributed by atoms with Crippen molar-refractivity contribution in [2.75, 3.05) is 0 Å². The monoisotopic (exact) mass is 1120 g/mol. The van der Waals surface area contributed by atoms with Crippen molar-refractivity contribution >= 4 is 119 Å². The summed E-state index contributed by atoms with van der Waals surface area (Å²) in [4.78, 5) is 20.6. The van der Waals surface area contributed by atoms with Crippen LogP contribution < -0.4 is 0 Å². The second-order valence-corrected chi connectivity index (χ2v) is 25.7. The molecule has 0 spiro atoms. The molecule has 0 atom stereocenters. The summed E-state index contributed by atoms with van der Waals surface area (Å²) in [5.74, 6) is 0. The molecule has 0 bridgehead atoms. The van der Waals surface area contributed by atoms with Crippen LogP contribution in [0.1, 0.15) is 22.3 Å². The summed E-state index contributed by atoms with van der Waals surface area (Å²) >= 11 is 7.01. The molecule has 0 saturated carbocycles. The smallest absolute Gasteiger partial charge is 0.124 e. The predicted octanol–water partition coefficient (Wildman–Crippen LogP) is 22.2. The SMILES string of the molecule is Cc1ccc2nc(-c3ccc(-c4c5ccccc5c(-c5ccc(-c6nc7ccc(C)cc7s6)cc5)c5c(-c6ccc(-c7nc8ccc(C)cc8s7)cc6)c6ccccc6c(-c6ccc(-c7nc8ccc(C)cc8s7)cc6)c45)cc3)sc2c1. The van der Waals surface area contributed by atoms with E-state index in [2.05, 4.69) is 246 Å². The van der Waals surface area contributed by atoms with E-state index < -0.39 is 0 Å². The normalized spacial score (nSPS) is 11.9. The van der Waals surface area contributed by atoms with Gasteiger partial charge in [-0.1, -0.05) is 170 Å². The van der Waals surface area contributed by atoms with E-state index in [1.165, 1.54) is 95.6 Å². The van der Waals surface area contributed by atoms with Crippen LogP contribution in [-0.2, 0) is 0 Å². The molecule has 0 aliphatic rings. The van der Waals surface area contributed by atoms with Gasteiger partial charge in [-0.25, -0.2) is 19.9 Å². The van der Waals surface area contributed by atoms with Crippen LogP contribution in [0, 0.1) is 27.7 Å². The van der Waals surface area contributed by atoms with Crippen molar-refractivity contribution in [2.45, 2.75) is 27.7 Å². The predicted molar refractivity (Wildman–Crippen MR) is 354 cm³/mol. The van der Waals surface area contributed by atoms with E-state index in [0.29, 0.717) is 0 Å². The number of benzene rings is 12. The van der Waals surface area contributed by atoms with Gasteiger partial charge in [-0.2, -0.15) is 0 Å². The first-order valence-electron chi connectivity index (χ1n) is 27.6. The molecule has 8 heteroatoms. The number of thiazole rings is 4. The molecule has 388 valence electrons. The molecule has 4 aromatic heterocycles. The fourth-order valence-electron chi connectivity index (χ4n) is 12.1. The van der Waals surface area contributed by atoms with E-state index in [1.807, 2.05) is 0 Å².